The second-order valence-corrected chi connectivity index (χ2v) is 8.37. The highest BCUT2D eigenvalue weighted by molar-refractivity contribution is 5.87. The van der Waals surface area contributed by atoms with Crippen LogP contribution in [-0.4, -0.2) is 66.4 Å². The largest absolute Gasteiger partial charge is 0.480 e. The van der Waals surface area contributed by atoms with Crippen molar-refractivity contribution in [2.24, 2.45) is 0 Å². The lowest BCUT2D eigenvalue weighted by atomic mass is 9.98. The Morgan fingerprint density at radius 2 is 1.73 bits per heavy atom. The van der Waals surface area contributed by atoms with Gasteiger partial charge in [0.25, 0.3) is 5.91 Å². The van der Waals surface area contributed by atoms with E-state index in [9.17, 15) is 19.5 Å². The number of nitrogens with one attached hydrogen (secondary N) is 1. The third-order valence-electron chi connectivity index (χ3n) is 6.47. The second kappa shape index (κ2) is 9.62. The van der Waals surface area contributed by atoms with Crippen LogP contribution in [0.4, 0.5) is 4.79 Å². The van der Waals surface area contributed by atoms with E-state index in [1.807, 2.05) is 36.4 Å². The standard InChI is InChI=1S/C25H28N2O6/c1-3-21(24(29)30)27(2)23(28)22-20(12-13-32-22)26-25(31)33-14-19-17-10-6-4-8-15(17)16-9-5-7-11-18(16)19/h4-11,19-22H,3,12-14H2,1-2H3,(H,26,31)(H,29,30). The topological polar surface area (TPSA) is 105 Å². The van der Waals surface area contributed by atoms with Gasteiger partial charge in [0.2, 0.25) is 0 Å². The Morgan fingerprint density at radius 3 is 2.30 bits per heavy atom. The minimum absolute atomic E-state index is 0.0626. The molecule has 0 aromatic heterocycles. The number of carboxylic acid groups (broad SMARTS) is 1. The first kappa shape index (κ1) is 22.8. The van der Waals surface area contributed by atoms with Crippen LogP contribution in [0.5, 0.6) is 0 Å². The predicted molar refractivity (Wildman–Crippen MR) is 121 cm³/mol. The summed E-state index contributed by atoms with van der Waals surface area (Å²) in [6.45, 7) is 2.16. The number of ether oxygens (including phenoxy) is 2. The van der Waals surface area contributed by atoms with Gasteiger partial charge in [0, 0.05) is 19.6 Å². The van der Waals surface area contributed by atoms with Gasteiger partial charge < -0.3 is 24.8 Å². The smallest absolute Gasteiger partial charge is 0.407 e. The lowest BCUT2D eigenvalue weighted by Crippen LogP contribution is -2.52. The third kappa shape index (κ3) is 4.43. The number of likely N-dealkylation sites (N-methyl/N-ethyl adjacent to an activating group) is 1. The second-order valence-electron chi connectivity index (χ2n) is 8.37. The van der Waals surface area contributed by atoms with Crippen LogP contribution < -0.4 is 5.32 Å². The van der Waals surface area contributed by atoms with Gasteiger partial charge in [-0.25, -0.2) is 9.59 Å². The summed E-state index contributed by atoms with van der Waals surface area (Å²) < 4.78 is 11.1. The molecule has 174 valence electrons. The number of hydrogen-bond donors (Lipinski definition) is 2. The van der Waals surface area contributed by atoms with E-state index >= 15 is 0 Å². The maximum absolute atomic E-state index is 12.8. The highest BCUT2D eigenvalue weighted by atomic mass is 16.6. The zero-order valence-electron chi connectivity index (χ0n) is 18.7. The van der Waals surface area contributed by atoms with Crippen molar-refractivity contribution in [2.75, 3.05) is 20.3 Å². The van der Waals surface area contributed by atoms with Crippen LogP contribution >= 0.6 is 0 Å². The molecule has 2 aromatic rings. The van der Waals surface area contributed by atoms with Gasteiger partial charge >= 0.3 is 12.1 Å². The lowest BCUT2D eigenvalue weighted by Gasteiger charge is -2.28. The number of fused-ring (bicyclic) bond motifs is 3. The van der Waals surface area contributed by atoms with Gasteiger partial charge in [-0.3, -0.25) is 4.79 Å². The van der Waals surface area contributed by atoms with Crippen LogP contribution in [-0.2, 0) is 19.1 Å². The van der Waals surface area contributed by atoms with E-state index < -0.39 is 36.2 Å². The summed E-state index contributed by atoms with van der Waals surface area (Å²) in [5.74, 6) is -1.61. The van der Waals surface area contributed by atoms with E-state index in [2.05, 4.69) is 17.4 Å². The van der Waals surface area contributed by atoms with E-state index in [4.69, 9.17) is 9.47 Å². The van der Waals surface area contributed by atoms with Crippen LogP contribution in [0.1, 0.15) is 36.8 Å². The molecule has 2 aliphatic rings. The monoisotopic (exact) mass is 452 g/mol. The fraction of sp³-hybridized carbons (Fsp3) is 0.400. The van der Waals surface area contributed by atoms with E-state index in [1.165, 1.54) is 11.9 Å². The molecule has 3 unspecified atom stereocenters. The number of benzene rings is 2. The molecular formula is C25H28N2O6. The molecule has 1 heterocycles. The van der Waals surface area contributed by atoms with Crippen molar-refractivity contribution in [3.8, 4) is 11.1 Å². The van der Waals surface area contributed by atoms with Crippen molar-refractivity contribution >= 4 is 18.0 Å². The lowest BCUT2D eigenvalue weighted by molar-refractivity contribution is -0.153. The number of nitrogens with zero attached hydrogens (tertiary/aromatic N) is 1. The molecule has 2 N–H and O–H groups in total. The van der Waals surface area contributed by atoms with Crippen molar-refractivity contribution < 1.29 is 29.0 Å². The summed E-state index contributed by atoms with van der Waals surface area (Å²) in [6.07, 6.45) is -0.852. The van der Waals surface area contributed by atoms with Gasteiger partial charge in [0.05, 0.1) is 6.04 Å². The van der Waals surface area contributed by atoms with E-state index in [0.717, 1.165) is 22.3 Å². The van der Waals surface area contributed by atoms with Crippen LogP contribution in [0.3, 0.4) is 0 Å². The fourth-order valence-corrected chi connectivity index (χ4v) is 4.74. The highest BCUT2D eigenvalue weighted by Crippen LogP contribution is 2.44. The SMILES string of the molecule is CCC(C(=O)O)N(C)C(=O)C1OCCC1NC(=O)OCC1c2ccccc2-c2ccccc21. The van der Waals surface area contributed by atoms with Crippen LogP contribution in [0.2, 0.25) is 0 Å². The van der Waals surface area contributed by atoms with Gasteiger partial charge in [-0.15, -0.1) is 0 Å². The summed E-state index contributed by atoms with van der Waals surface area (Å²) >= 11 is 0. The summed E-state index contributed by atoms with van der Waals surface area (Å²) in [7, 11) is 1.44. The minimum atomic E-state index is -1.08. The summed E-state index contributed by atoms with van der Waals surface area (Å²) in [4.78, 5) is 38.0. The Morgan fingerprint density at radius 1 is 1.12 bits per heavy atom. The molecule has 4 rings (SSSR count). The Balaban J connectivity index is 1.39. The number of carbonyl (C=O) groups is 3. The van der Waals surface area contributed by atoms with Crippen LogP contribution in [0.15, 0.2) is 48.5 Å². The van der Waals surface area contributed by atoms with Crippen molar-refractivity contribution in [1.29, 1.82) is 0 Å². The number of hydrogen-bond acceptors (Lipinski definition) is 5. The Kier molecular flexibility index (Phi) is 6.65. The average molecular weight is 453 g/mol. The molecule has 2 amide bonds. The first-order valence-corrected chi connectivity index (χ1v) is 11.1. The Hall–Kier alpha value is -3.39. The number of carbonyl (C=O) groups excluding carboxylic acids is 2. The number of carboxylic acids is 1. The zero-order valence-corrected chi connectivity index (χ0v) is 18.7. The van der Waals surface area contributed by atoms with Crippen molar-refractivity contribution in [2.45, 2.75) is 43.9 Å². The van der Waals surface area contributed by atoms with Gasteiger partial charge in [-0.05, 0) is 35.1 Å². The molecule has 0 radical (unpaired) electrons. The molecule has 2 aromatic carbocycles. The van der Waals surface area contributed by atoms with Gasteiger partial charge in [0.15, 0.2) is 6.10 Å². The Labute approximate surface area is 192 Å². The van der Waals surface area contributed by atoms with Crippen molar-refractivity contribution in [3.63, 3.8) is 0 Å². The maximum Gasteiger partial charge on any atom is 0.407 e. The number of aliphatic carboxylic acids is 1. The van der Waals surface area contributed by atoms with Crippen LogP contribution in [0.25, 0.3) is 11.1 Å². The van der Waals surface area contributed by atoms with Gasteiger partial charge in [-0.1, -0.05) is 55.5 Å². The number of alkyl carbamates (subject to hydrolysis) is 1. The van der Waals surface area contributed by atoms with Crippen LogP contribution in [0, 0.1) is 0 Å². The minimum Gasteiger partial charge on any atom is -0.480 e. The van der Waals surface area contributed by atoms with E-state index in [-0.39, 0.29) is 18.9 Å². The summed E-state index contributed by atoms with van der Waals surface area (Å²) in [6, 6.07) is 14.6. The first-order chi connectivity index (χ1) is 15.9. The molecule has 3 atom stereocenters. The highest BCUT2D eigenvalue weighted by Gasteiger charge is 2.40. The third-order valence-corrected chi connectivity index (χ3v) is 6.47. The van der Waals surface area contributed by atoms with E-state index in [0.29, 0.717) is 13.0 Å². The van der Waals surface area contributed by atoms with E-state index in [1.54, 1.807) is 6.92 Å². The molecule has 1 aliphatic heterocycles. The normalized spacial score (nSPS) is 19.9. The number of amides is 2. The maximum atomic E-state index is 12.8. The molecule has 8 heteroatoms. The molecule has 33 heavy (non-hydrogen) atoms. The molecule has 1 fully saturated rings. The number of rotatable bonds is 7. The van der Waals surface area contributed by atoms with Gasteiger partial charge in [-0.2, -0.15) is 0 Å². The summed E-state index contributed by atoms with van der Waals surface area (Å²) in [5.41, 5.74) is 4.52. The van der Waals surface area contributed by atoms with Crippen molar-refractivity contribution in [3.05, 3.63) is 59.7 Å². The predicted octanol–water partition coefficient (Wildman–Crippen LogP) is 3.00. The first-order valence-electron chi connectivity index (χ1n) is 11.1. The molecule has 0 saturated carbocycles. The fourth-order valence-electron chi connectivity index (χ4n) is 4.74. The summed E-state index contributed by atoms with van der Waals surface area (Å²) in [5, 5.41) is 12.1. The van der Waals surface area contributed by atoms with Gasteiger partial charge in [0.1, 0.15) is 12.6 Å². The Bertz CT molecular complexity index is 1010. The molecule has 1 saturated heterocycles. The molecule has 0 spiro atoms. The van der Waals surface area contributed by atoms with Crippen molar-refractivity contribution in [1.82, 2.24) is 10.2 Å². The molecule has 8 nitrogen and oxygen atoms in total. The quantitative estimate of drug-likeness (QED) is 0.669. The molecular weight excluding hydrogens is 424 g/mol. The zero-order chi connectivity index (χ0) is 23.5. The average Bonchev–Trinajstić information content (AvgIpc) is 3.39. The molecule has 0 bridgehead atoms. The molecule has 1 aliphatic carbocycles.